The summed E-state index contributed by atoms with van der Waals surface area (Å²) in [5.41, 5.74) is 0.349. The van der Waals surface area contributed by atoms with Crippen LogP contribution < -0.4 is 4.74 Å². The van der Waals surface area contributed by atoms with E-state index >= 15 is 0 Å². The van der Waals surface area contributed by atoms with Crippen LogP contribution in [0.4, 0.5) is 17.6 Å². The van der Waals surface area contributed by atoms with E-state index in [0.717, 1.165) is 30.4 Å². The quantitative estimate of drug-likeness (QED) is 0.578. The van der Waals surface area contributed by atoms with E-state index in [2.05, 4.69) is 11.7 Å². The molecule has 0 radical (unpaired) electrons. The molecule has 7 heteroatoms. The van der Waals surface area contributed by atoms with Crippen LogP contribution >= 0.6 is 0 Å². The second kappa shape index (κ2) is 8.78. The molecule has 0 amide bonds. The standard InChI is InChI=1S/C20H26F4O3/c1-13-2-4-14(5-3-13)6-7-15-11-25-19(26-12-15)16-8-9-18(17(21)10-16)27-20(22,23)24/h8-10,13-15,19H,2-7,11-12H2,1H3. The number of halogens is 4. The minimum atomic E-state index is -4.93. The Morgan fingerprint density at radius 3 is 2.22 bits per heavy atom. The van der Waals surface area contributed by atoms with Gasteiger partial charge in [-0.3, -0.25) is 0 Å². The van der Waals surface area contributed by atoms with Crippen molar-refractivity contribution in [2.45, 2.75) is 58.1 Å². The highest BCUT2D eigenvalue weighted by Gasteiger charge is 2.33. The molecule has 1 saturated carbocycles. The fraction of sp³-hybridized carbons (Fsp3) is 0.700. The number of benzene rings is 1. The molecule has 1 aromatic rings. The van der Waals surface area contributed by atoms with Gasteiger partial charge in [-0.15, -0.1) is 13.2 Å². The number of rotatable bonds is 5. The lowest BCUT2D eigenvalue weighted by atomic mass is 9.80. The second-order valence-corrected chi connectivity index (χ2v) is 7.81. The number of alkyl halides is 3. The summed E-state index contributed by atoms with van der Waals surface area (Å²) >= 11 is 0. The molecule has 0 unspecified atom stereocenters. The topological polar surface area (TPSA) is 27.7 Å². The van der Waals surface area contributed by atoms with Crippen LogP contribution in [0, 0.1) is 23.6 Å². The van der Waals surface area contributed by atoms with Gasteiger partial charge in [-0.05, 0) is 30.4 Å². The maximum absolute atomic E-state index is 13.8. The number of hydrogen-bond acceptors (Lipinski definition) is 3. The van der Waals surface area contributed by atoms with E-state index in [-0.39, 0.29) is 0 Å². The van der Waals surface area contributed by atoms with E-state index in [0.29, 0.717) is 24.7 Å². The average Bonchev–Trinajstić information content (AvgIpc) is 2.62. The molecule has 0 spiro atoms. The van der Waals surface area contributed by atoms with E-state index in [1.165, 1.54) is 38.2 Å². The SMILES string of the molecule is CC1CCC(CCC2COC(c3ccc(OC(F)(F)F)c(F)c3)OC2)CC1. The van der Waals surface area contributed by atoms with E-state index in [1.54, 1.807) is 0 Å². The Hall–Kier alpha value is -1.34. The van der Waals surface area contributed by atoms with Crippen molar-refractivity contribution in [2.24, 2.45) is 17.8 Å². The van der Waals surface area contributed by atoms with E-state index < -0.39 is 24.2 Å². The molecule has 3 rings (SSSR count). The highest BCUT2D eigenvalue weighted by atomic mass is 19.4. The van der Waals surface area contributed by atoms with Crippen LogP contribution in [-0.2, 0) is 9.47 Å². The molecule has 2 fully saturated rings. The third-order valence-electron chi connectivity index (χ3n) is 5.54. The molecule has 0 N–H and O–H groups in total. The first-order chi connectivity index (χ1) is 12.8. The lowest BCUT2D eigenvalue weighted by molar-refractivity contribution is -0.275. The first kappa shape index (κ1) is 20.4. The van der Waals surface area contributed by atoms with Gasteiger partial charge in [0, 0.05) is 11.5 Å². The van der Waals surface area contributed by atoms with Crippen molar-refractivity contribution in [1.82, 2.24) is 0 Å². The molecule has 1 aromatic carbocycles. The molecule has 152 valence electrons. The van der Waals surface area contributed by atoms with Crippen LogP contribution in [-0.4, -0.2) is 19.6 Å². The molecule has 1 aliphatic heterocycles. The van der Waals surface area contributed by atoms with E-state index in [1.807, 2.05) is 0 Å². The van der Waals surface area contributed by atoms with Crippen LogP contribution in [0.1, 0.15) is 57.3 Å². The summed E-state index contributed by atoms with van der Waals surface area (Å²) in [6, 6.07) is 3.24. The van der Waals surface area contributed by atoms with Gasteiger partial charge < -0.3 is 14.2 Å². The number of hydrogen-bond donors (Lipinski definition) is 0. The Morgan fingerprint density at radius 2 is 1.63 bits per heavy atom. The van der Waals surface area contributed by atoms with Crippen molar-refractivity contribution in [3.8, 4) is 5.75 Å². The zero-order chi connectivity index (χ0) is 19.4. The Labute approximate surface area is 157 Å². The molecule has 3 nitrogen and oxygen atoms in total. The van der Waals surface area contributed by atoms with Gasteiger partial charge in [-0.1, -0.05) is 45.1 Å². The minimum Gasteiger partial charge on any atom is -0.403 e. The highest BCUT2D eigenvalue weighted by Crippen LogP contribution is 2.34. The fourth-order valence-electron chi connectivity index (χ4n) is 3.86. The summed E-state index contributed by atoms with van der Waals surface area (Å²) in [5.74, 6) is -0.0171. The molecule has 27 heavy (non-hydrogen) atoms. The van der Waals surface area contributed by atoms with Gasteiger partial charge in [0.1, 0.15) is 0 Å². The predicted molar refractivity (Wildman–Crippen MR) is 91.6 cm³/mol. The normalized spacial score (nSPS) is 29.5. The van der Waals surface area contributed by atoms with Crippen molar-refractivity contribution in [3.05, 3.63) is 29.6 Å². The smallest absolute Gasteiger partial charge is 0.403 e. The van der Waals surface area contributed by atoms with Gasteiger partial charge in [0.2, 0.25) is 0 Å². The van der Waals surface area contributed by atoms with Crippen LogP contribution in [0.2, 0.25) is 0 Å². The zero-order valence-corrected chi connectivity index (χ0v) is 15.4. The molecule has 1 heterocycles. The third kappa shape index (κ3) is 6.07. The van der Waals surface area contributed by atoms with Gasteiger partial charge in [0.05, 0.1) is 13.2 Å². The molecule has 1 saturated heterocycles. The second-order valence-electron chi connectivity index (χ2n) is 7.81. The molecule has 2 aliphatic rings. The predicted octanol–water partition coefficient (Wildman–Crippen LogP) is 5.99. The van der Waals surface area contributed by atoms with E-state index in [9.17, 15) is 17.6 Å². The summed E-state index contributed by atoms with van der Waals surface area (Å²) in [5, 5.41) is 0. The van der Waals surface area contributed by atoms with Gasteiger partial charge in [-0.2, -0.15) is 0 Å². The Morgan fingerprint density at radius 1 is 1.00 bits per heavy atom. The van der Waals surface area contributed by atoms with Crippen LogP contribution in [0.5, 0.6) is 5.75 Å². The Bertz CT molecular complexity index is 604. The van der Waals surface area contributed by atoms with Crippen molar-refractivity contribution in [3.63, 3.8) is 0 Å². The summed E-state index contributed by atoms with van der Waals surface area (Å²) < 4.78 is 65.4. The summed E-state index contributed by atoms with van der Waals surface area (Å²) in [7, 11) is 0. The van der Waals surface area contributed by atoms with Gasteiger partial charge in [-0.25, -0.2) is 4.39 Å². The minimum absolute atomic E-state index is 0.304. The summed E-state index contributed by atoms with van der Waals surface area (Å²) in [6.07, 6.45) is 1.74. The Kier molecular flexibility index (Phi) is 6.63. The molecular formula is C20H26F4O3. The molecule has 0 bridgehead atoms. The average molecular weight is 390 g/mol. The van der Waals surface area contributed by atoms with Crippen LogP contribution in [0.3, 0.4) is 0 Å². The Balaban J connectivity index is 1.45. The summed E-state index contributed by atoms with van der Waals surface area (Å²) in [6.45, 7) is 3.33. The van der Waals surface area contributed by atoms with Crippen molar-refractivity contribution < 1.29 is 31.8 Å². The first-order valence-electron chi connectivity index (χ1n) is 9.58. The third-order valence-corrected chi connectivity index (χ3v) is 5.54. The molecule has 0 atom stereocenters. The molecule has 1 aliphatic carbocycles. The lowest BCUT2D eigenvalue weighted by Crippen LogP contribution is -2.28. The highest BCUT2D eigenvalue weighted by molar-refractivity contribution is 5.30. The van der Waals surface area contributed by atoms with Gasteiger partial charge >= 0.3 is 6.36 Å². The monoisotopic (exact) mass is 390 g/mol. The largest absolute Gasteiger partial charge is 0.573 e. The lowest BCUT2D eigenvalue weighted by Gasteiger charge is -2.32. The van der Waals surface area contributed by atoms with Gasteiger partial charge in [0.15, 0.2) is 17.9 Å². The number of ether oxygens (including phenoxy) is 3. The maximum Gasteiger partial charge on any atom is 0.573 e. The van der Waals surface area contributed by atoms with Crippen molar-refractivity contribution in [1.29, 1.82) is 0 Å². The molecule has 0 aromatic heterocycles. The zero-order valence-electron chi connectivity index (χ0n) is 15.4. The van der Waals surface area contributed by atoms with Crippen LogP contribution in [0.15, 0.2) is 18.2 Å². The van der Waals surface area contributed by atoms with Crippen LogP contribution in [0.25, 0.3) is 0 Å². The fourth-order valence-corrected chi connectivity index (χ4v) is 3.86. The first-order valence-corrected chi connectivity index (χ1v) is 9.58. The maximum atomic E-state index is 13.8. The van der Waals surface area contributed by atoms with Crippen molar-refractivity contribution in [2.75, 3.05) is 13.2 Å². The summed E-state index contributed by atoms with van der Waals surface area (Å²) in [4.78, 5) is 0. The molecular weight excluding hydrogens is 364 g/mol. The van der Waals surface area contributed by atoms with Crippen molar-refractivity contribution >= 4 is 0 Å². The van der Waals surface area contributed by atoms with Gasteiger partial charge in [0.25, 0.3) is 0 Å². The van der Waals surface area contributed by atoms with E-state index in [4.69, 9.17) is 9.47 Å².